The molecule has 2 N–H and O–H groups in total. The maximum Gasteiger partial charge on any atom is 0.247 e. The van der Waals surface area contributed by atoms with E-state index in [1.807, 2.05) is 0 Å². The maximum atomic E-state index is 13.3. The SMILES string of the molecule is O=C(NC1CC1)[C@@H](Nc1ccc(F)c(Cl)c1)c1ccc(F)cc1. The number of amides is 1. The minimum Gasteiger partial charge on any atom is -0.370 e. The van der Waals surface area contributed by atoms with Crippen molar-refractivity contribution >= 4 is 23.2 Å². The molecule has 120 valence electrons. The molecule has 1 amide bonds. The fourth-order valence-electron chi connectivity index (χ4n) is 2.22. The molecule has 1 fully saturated rings. The summed E-state index contributed by atoms with van der Waals surface area (Å²) in [4.78, 5) is 12.5. The third kappa shape index (κ3) is 3.99. The van der Waals surface area contributed by atoms with Gasteiger partial charge < -0.3 is 10.6 Å². The van der Waals surface area contributed by atoms with Gasteiger partial charge in [-0.1, -0.05) is 23.7 Å². The summed E-state index contributed by atoms with van der Waals surface area (Å²) in [7, 11) is 0. The minimum absolute atomic E-state index is 0.0320. The highest BCUT2D eigenvalue weighted by molar-refractivity contribution is 6.31. The molecule has 0 unspecified atom stereocenters. The summed E-state index contributed by atoms with van der Waals surface area (Å²) in [5.41, 5.74) is 1.13. The van der Waals surface area contributed by atoms with E-state index in [0.717, 1.165) is 12.8 Å². The van der Waals surface area contributed by atoms with Crippen LogP contribution < -0.4 is 10.6 Å². The molecular weight excluding hydrogens is 322 g/mol. The molecule has 2 aromatic rings. The Morgan fingerprint density at radius 2 is 1.83 bits per heavy atom. The third-order valence-electron chi connectivity index (χ3n) is 3.62. The van der Waals surface area contributed by atoms with Crippen LogP contribution in [0.2, 0.25) is 5.02 Å². The molecule has 23 heavy (non-hydrogen) atoms. The van der Waals surface area contributed by atoms with Gasteiger partial charge >= 0.3 is 0 Å². The van der Waals surface area contributed by atoms with E-state index in [4.69, 9.17) is 11.6 Å². The topological polar surface area (TPSA) is 41.1 Å². The van der Waals surface area contributed by atoms with E-state index in [9.17, 15) is 13.6 Å². The van der Waals surface area contributed by atoms with Crippen molar-refractivity contribution in [2.75, 3.05) is 5.32 Å². The summed E-state index contributed by atoms with van der Waals surface area (Å²) in [5.74, 6) is -1.11. The van der Waals surface area contributed by atoms with Gasteiger partial charge in [0.25, 0.3) is 0 Å². The van der Waals surface area contributed by atoms with Crippen LogP contribution in [-0.2, 0) is 4.79 Å². The van der Waals surface area contributed by atoms with Gasteiger partial charge in [0.2, 0.25) is 5.91 Å². The summed E-state index contributed by atoms with van der Waals surface area (Å²) in [6, 6.07) is 9.32. The van der Waals surface area contributed by atoms with E-state index >= 15 is 0 Å². The molecule has 1 aliphatic carbocycles. The average molecular weight is 337 g/mol. The first-order valence-corrected chi connectivity index (χ1v) is 7.68. The maximum absolute atomic E-state index is 13.3. The first-order valence-electron chi connectivity index (χ1n) is 7.30. The first kappa shape index (κ1) is 15.7. The number of carbonyl (C=O) groups is 1. The fraction of sp³-hybridized carbons (Fsp3) is 0.235. The van der Waals surface area contributed by atoms with Crippen LogP contribution in [0, 0.1) is 11.6 Å². The van der Waals surface area contributed by atoms with Crippen LogP contribution in [0.5, 0.6) is 0 Å². The number of halogens is 3. The molecule has 6 heteroatoms. The van der Waals surface area contributed by atoms with E-state index in [2.05, 4.69) is 10.6 Å². The number of hydrogen-bond donors (Lipinski definition) is 2. The lowest BCUT2D eigenvalue weighted by molar-refractivity contribution is -0.122. The largest absolute Gasteiger partial charge is 0.370 e. The van der Waals surface area contributed by atoms with Gasteiger partial charge in [0.1, 0.15) is 17.7 Å². The Balaban J connectivity index is 1.85. The molecule has 1 atom stereocenters. The molecule has 3 rings (SSSR count). The zero-order valence-electron chi connectivity index (χ0n) is 12.2. The minimum atomic E-state index is -0.710. The Hall–Kier alpha value is -2.14. The summed E-state index contributed by atoms with van der Waals surface area (Å²) < 4.78 is 26.4. The Morgan fingerprint density at radius 1 is 1.13 bits per heavy atom. The van der Waals surface area contributed by atoms with Gasteiger partial charge in [-0.05, 0) is 48.7 Å². The second-order valence-corrected chi connectivity index (χ2v) is 5.95. The summed E-state index contributed by atoms with van der Waals surface area (Å²) in [6.07, 6.45) is 1.93. The normalized spacial score (nSPS) is 15.1. The number of rotatable bonds is 5. The van der Waals surface area contributed by atoms with Gasteiger partial charge in [0.05, 0.1) is 5.02 Å². The highest BCUT2D eigenvalue weighted by Gasteiger charge is 2.28. The van der Waals surface area contributed by atoms with Crippen LogP contribution in [0.25, 0.3) is 0 Å². The zero-order chi connectivity index (χ0) is 16.4. The molecule has 0 aliphatic heterocycles. The fourth-order valence-corrected chi connectivity index (χ4v) is 2.40. The van der Waals surface area contributed by atoms with Gasteiger partial charge in [-0.2, -0.15) is 0 Å². The second kappa shape index (κ2) is 6.54. The van der Waals surface area contributed by atoms with E-state index in [-0.39, 0.29) is 22.8 Å². The summed E-state index contributed by atoms with van der Waals surface area (Å²) in [5, 5.41) is 5.91. The van der Waals surface area contributed by atoms with E-state index in [1.54, 1.807) is 12.1 Å². The van der Waals surface area contributed by atoms with Gasteiger partial charge in [-0.3, -0.25) is 4.79 Å². The van der Waals surface area contributed by atoms with Crippen molar-refractivity contribution in [2.24, 2.45) is 0 Å². The van der Waals surface area contributed by atoms with Crippen molar-refractivity contribution in [3.63, 3.8) is 0 Å². The molecule has 2 aromatic carbocycles. The number of nitrogens with one attached hydrogen (secondary N) is 2. The van der Waals surface area contributed by atoms with Gasteiger partial charge in [0, 0.05) is 11.7 Å². The standard InChI is InChI=1S/C17H15ClF2N2O/c18-14-9-13(7-8-15(14)20)21-16(17(23)22-12-5-6-12)10-1-3-11(19)4-2-10/h1-4,7-9,12,16,21H,5-6H2,(H,22,23)/t16-/m0/s1. The molecule has 0 aromatic heterocycles. The summed E-state index contributed by atoms with van der Waals surface area (Å²) >= 11 is 5.77. The molecule has 3 nitrogen and oxygen atoms in total. The molecule has 0 heterocycles. The van der Waals surface area contributed by atoms with Crippen molar-refractivity contribution in [1.82, 2.24) is 5.32 Å². The van der Waals surface area contributed by atoms with Crippen LogP contribution >= 0.6 is 11.6 Å². The van der Waals surface area contributed by atoms with Crippen molar-refractivity contribution < 1.29 is 13.6 Å². The number of anilines is 1. The predicted octanol–water partition coefficient (Wildman–Crippen LogP) is 4.05. The van der Waals surface area contributed by atoms with Crippen LogP contribution in [-0.4, -0.2) is 11.9 Å². The molecule has 0 spiro atoms. The van der Waals surface area contributed by atoms with Crippen molar-refractivity contribution in [3.8, 4) is 0 Å². The number of carbonyl (C=O) groups excluding carboxylic acids is 1. The predicted molar refractivity (Wildman–Crippen MR) is 85.3 cm³/mol. The Morgan fingerprint density at radius 3 is 2.43 bits per heavy atom. The van der Waals surface area contributed by atoms with Crippen molar-refractivity contribution in [3.05, 3.63) is 64.7 Å². The highest BCUT2D eigenvalue weighted by Crippen LogP contribution is 2.26. The van der Waals surface area contributed by atoms with Crippen molar-refractivity contribution in [1.29, 1.82) is 0 Å². The molecule has 0 bridgehead atoms. The highest BCUT2D eigenvalue weighted by atomic mass is 35.5. The van der Waals surface area contributed by atoms with Crippen LogP contribution in [0.1, 0.15) is 24.4 Å². The molecule has 0 radical (unpaired) electrons. The van der Waals surface area contributed by atoms with Crippen LogP contribution in [0.4, 0.5) is 14.5 Å². The number of hydrogen-bond acceptors (Lipinski definition) is 2. The molecular formula is C17H15ClF2N2O. The van der Waals surface area contributed by atoms with Crippen LogP contribution in [0.3, 0.4) is 0 Å². The van der Waals surface area contributed by atoms with Gasteiger partial charge in [-0.25, -0.2) is 8.78 Å². The lowest BCUT2D eigenvalue weighted by atomic mass is 10.1. The van der Waals surface area contributed by atoms with Crippen molar-refractivity contribution in [2.45, 2.75) is 24.9 Å². The molecule has 1 saturated carbocycles. The molecule has 1 aliphatic rings. The van der Waals surface area contributed by atoms with Gasteiger partial charge in [-0.15, -0.1) is 0 Å². The van der Waals surface area contributed by atoms with E-state index < -0.39 is 11.9 Å². The quantitative estimate of drug-likeness (QED) is 0.865. The monoisotopic (exact) mass is 336 g/mol. The first-order chi connectivity index (χ1) is 11.0. The average Bonchev–Trinajstić information content (AvgIpc) is 3.33. The van der Waals surface area contributed by atoms with E-state index in [0.29, 0.717) is 11.3 Å². The van der Waals surface area contributed by atoms with E-state index in [1.165, 1.54) is 30.3 Å². The number of benzene rings is 2. The Labute approximate surface area is 137 Å². The smallest absolute Gasteiger partial charge is 0.247 e. The van der Waals surface area contributed by atoms with Crippen LogP contribution in [0.15, 0.2) is 42.5 Å². The lowest BCUT2D eigenvalue weighted by Gasteiger charge is -2.20. The third-order valence-corrected chi connectivity index (χ3v) is 3.91. The zero-order valence-corrected chi connectivity index (χ0v) is 12.9. The Bertz CT molecular complexity index is 717. The second-order valence-electron chi connectivity index (χ2n) is 5.54. The lowest BCUT2D eigenvalue weighted by Crippen LogP contribution is -2.34. The Kier molecular flexibility index (Phi) is 4.48. The molecule has 0 saturated heterocycles. The summed E-state index contributed by atoms with van der Waals surface area (Å²) in [6.45, 7) is 0. The van der Waals surface area contributed by atoms with Gasteiger partial charge in [0.15, 0.2) is 0 Å².